The Morgan fingerprint density at radius 1 is 1.05 bits per heavy atom. The average Bonchev–Trinajstić information content (AvgIpc) is 2.58. The Kier molecular flexibility index (Phi) is 3.64. The van der Waals surface area contributed by atoms with Gasteiger partial charge in [-0.15, -0.1) is 0 Å². The molecule has 0 radical (unpaired) electrons. The largest absolute Gasteiger partial charge is 0.274 e. The summed E-state index contributed by atoms with van der Waals surface area (Å²) in [5, 5.41) is 0. The van der Waals surface area contributed by atoms with Gasteiger partial charge >= 0.3 is 0 Å². The van der Waals surface area contributed by atoms with Crippen LogP contribution in [0.3, 0.4) is 0 Å². The van der Waals surface area contributed by atoms with Crippen LogP contribution in [0.5, 0.6) is 0 Å². The highest BCUT2D eigenvalue weighted by molar-refractivity contribution is 8.13. The van der Waals surface area contributed by atoms with E-state index in [9.17, 15) is 18.0 Å². The van der Waals surface area contributed by atoms with Crippen LogP contribution in [0.4, 0.5) is 5.69 Å². The predicted molar refractivity (Wildman–Crippen MR) is 75.4 cm³/mol. The van der Waals surface area contributed by atoms with Gasteiger partial charge in [-0.3, -0.25) is 9.59 Å². The fourth-order valence-corrected chi connectivity index (χ4v) is 4.32. The van der Waals surface area contributed by atoms with Crippen molar-refractivity contribution in [1.29, 1.82) is 0 Å². The monoisotopic (exact) mass is 315 g/mol. The summed E-state index contributed by atoms with van der Waals surface area (Å²) in [6, 6.07) is 1.62. The molecule has 0 aliphatic carbocycles. The Morgan fingerprint density at radius 3 is 2.00 bits per heavy atom. The van der Waals surface area contributed by atoms with Gasteiger partial charge in [-0.1, -0.05) is 6.07 Å². The van der Waals surface area contributed by atoms with Gasteiger partial charge in [-0.25, -0.2) is 13.3 Å². The number of rotatable bonds is 2. The molecule has 0 aromatic heterocycles. The summed E-state index contributed by atoms with van der Waals surface area (Å²) in [4.78, 5) is 24.7. The number of carbonyl (C=O) groups is 2. The Bertz CT molecular complexity index is 708. The van der Waals surface area contributed by atoms with Crippen molar-refractivity contribution >= 4 is 37.2 Å². The van der Waals surface area contributed by atoms with Gasteiger partial charge in [-0.2, -0.15) is 0 Å². The number of imide groups is 1. The van der Waals surface area contributed by atoms with Gasteiger partial charge in [-0.05, 0) is 37.5 Å². The van der Waals surface area contributed by atoms with Gasteiger partial charge in [0.2, 0.25) is 11.8 Å². The number of benzene rings is 1. The molecule has 108 valence electrons. The minimum absolute atomic E-state index is 0.0349. The van der Waals surface area contributed by atoms with Crippen LogP contribution in [-0.4, -0.2) is 20.2 Å². The first-order chi connectivity index (χ1) is 9.14. The van der Waals surface area contributed by atoms with E-state index < -0.39 is 9.05 Å². The lowest BCUT2D eigenvalue weighted by atomic mass is 10.0. The first kappa shape index (κ1) is 15.0. The molecule has 0 unspecified atom stereocenters. The van der Waals surface area contributed by atoms with Gasteiger partial charge in [0.15, 0.2) is 0 Å². The van der Waals surface area contributed by atoms with Crippen molar-refractivity contribution in [1.82, 2.24) is 0 Å². The number of halogens is 1. The quantitative estimate of drug-likeness (QED) is 0.619. The highest BCUT2D eigenvalue weighted by Crippen LogP contribution is 2.36. The van der Waals surface area contributed by atoms with Crippen molar-refractivity contribution in [2.45, 2.75) is 38.5 Å². The van der Waals surface area contributed by atoms with Crippen molar-refractivity contribution in [2.24, 2.45) is 0 Å². The molecule has 5 nitrogen and oxygen atoms in total. The van der Waals surface area contributed by atoms with E-state index in [1.807, 2.05) is 0 Å². The molecule has 1 aromatic rings. The van der Waals surface area contributed by atoms with Crippen molar-refractivity contribution in [3.63, 3.8) is 0 Å². The SMILES string of the molecule is Cc1cc(C)c(S(=O)(=O)Cl)c(C)c1N1C(=O)CCC1=O. The molecule has 1 saturated heterocycles. The topological polar surface area (TPSA) is 71.5 Å². The predicted octanol–water partition coefficient (Wildman–Crippen LogP) is 2.19. The summed E-state index contributed by atoms with van der Waals surface area (Å²) < 4.78 is 23.4. The molecule has 0 bridgehead atoms. The Morgan fingerprint density at radius 2 is 1.55 bits per heavy atom. The van der Waals surface area contributed by atoms with Crippen LogP contribution in [-0.2, 0) is 18.6 Å². The van der Waals surface area contributed by atoms with E-state index in [4.69, 9.17) is 10.7 Å². The summed E-state index contributed by atoms with van der Waals surface area (Å²) in [6.45, 7) is 4.93. The van der Waals surface area contributed by atoms with Gasteiger partial charge in [0.25, 0.3) is 9.05 Å². The normalized spacial score (nSPS) is 16.1. The fraction of sp³-hybridized carbons (Fsp3) is 0.385. The van der Waals surface area contributed by atoms with Gasteiger partial charge in [0, 0.05) is 23.5 Å². The molecule has 7 heteroatoms. The summed E-state index contributed by atoms with van der Waals surface area (Å²) in [5.74, 6) is -0.633. The van der Waals surface area contributed by atoms with E-state index in [0.29, 0.717) is 22.4 Å². The smallest absolute Gasteiger partial charge is 0.261 e. The fourth-order valence-electron chi connectivity index (χ4n) is 2.70. The summed E-state index contributed by atoms with van der Waals surface area (Å²) in [5.41, 5.74) is 1.84. The van der Waals surface area contributed by atoms with Crippen LogP contribution in [0, 0.1) is 20.8 Å². The third-order valence-corrected chi connectivity index (χ3v) is 4.96. The minimum atomic E-state index is -3.94. The molecule has 1 heterocycles. The maximum Gasteiger partial charge on any atom is 0.261 e. The number of hydrogen-bond donors (Lipinski definition) is 0. The molecule has 1 aliphatic rings. The van der Waals surface area contributed by atoms with Gasteiger partial charge in [0.1, 0.15) is 0 Å². The molecule has 2 amide bonds. The van der Waals surface area contributed by atoms with Crippen LogP contribution in [0.25, 0.3) is 0 Å². The average molecular weight is 316 g/mol. The molecule has 1 aromatic carbocycles. The van der Waals surface area contributed by atoms with E-state index in [1.54, 1.807) is 26.8 Å². The molecule has 20 heavy (non-hydrogen) atoms. The van der Waals surface area contributed by atoms with Crippen LogP contribution in [0.2, 0.25) is 0 Å². The van der Waals surface area contributed by atoms with Crippen LogP contribution in [0.15, 0.2) is 11.0 Å². The number of aryl methyl sites for hydroxylation is 2. The number of nitrogens with zero attached hydrogens (tertiary/aromatic N) is 1. The van der Waals surface area contributed by atoms with Crippen molar-refractivity contribution in [2.75, 3.05) is 4.90 Å². The van der Waals surface area contributed by atoms with Crippen LogP contribution >= 0.6 is 10.7 Å². The minimum Gasteiger partial charge on any atom is -0.274 e. The molecular weight excluding hydrogens is 302 g/mol. The lowest BCUT2D eigenvalue weighted by Gasteiger charge is -2.22. The molecular formula is C13H14ClNO4S. The standard InChI is InChI=1S/C13H14ClNO4S/c1-7-6-8(2)13(20(14,18)19)9(3)12(7)15-10(16)4-5-11(15)17/h6H,4-5H2,1-3H3. The zero-order chi connectivity index (χ0) is 15.2. The summed E-state index contributed by atoms with van der Waals surface area (Å²) in [7, 11) is 1.51. The van der Waals surface area contributed by atoms with E-state index in [0.717, 1.165) is 4.90 Å². The van der Waals surface area contributed by atoms with Crippen LogP contribution < -0.4 is 4.90 Å². The first-order valence-corrected chi connectivity index (χ1v) is 8.36. The van der Waals surface area contributed by atoms with Gasteiger partial charge in [0.05, 0.1) is 10.6 Å². The highest BCUT2D eigenvalue weighted by Gasteiger charge is 2.34. The van der Waals surface area contributed by atoms with E-state index in [2.05, 4.69) is 0 Å². The lowest BCUT2D eigenvalue weighted by molar-refractivity contribution is -0.121. The second-order valence-corrected chi connectivity index (χ2v) is 7.38. The maximum atomic E-state index is 11.9. The van der Waals surface area contributed by atoms with Gasteiger partial charge < -0.3 is 0 Å². The van der Waals surface area contributed by atoms with E-state index in [1.165, 1.54) is 0 Å². The first-order valence-electron chi connectivity index (χ1n) is 6.06. The third-order valence-electron chi connectivity index (χ3n) is 3.38. The summed E-state index contributed by atoms with van der Waals surface area (Å²) in [6.07, 6.45) is 0.295. The molecule has 1 fully saturated rings. The number of hydrogen-bond acceptors (Lipinski definition) is 4. The maximum absolute atomic E-state index is 11.9. The van der Waals surface area contributed by atoms with Crippen molar-refractivity contribution in [3.05, 3.63) is 22.8 Å². The number of carbonyl (C=O) groups excluding carboxylic acids is 2. The Labute approximate surface area is 121 Å². The molecule has 0 spiro atoms. The van der Waals surface area contributed by atoms with Crippen LogP contribution in [0.1, 0.15) is 29.5 Å². The number of amides is 2. The lowest BCUT2D eigenvalue weighted by Crippen LogP contribution is -2.30. The highest BCUT2D eigenvalue weighted by atomic mass is 35.7. The Hall–Kier alpha value is -1.40. The van der Waals surface area contributed by atoms with E-state index in [-0.39, 0.29) is 29.6 Å². The van der Waals surface area contributed by atoms with Crippen molar-refractivity contribution in [3.8, 4) is 0 Å². The van der Waals surface area contributed by atoms with E-state index >= 15 is 0 Å². The van der Waals surface area contributed by atoms with Crippen molar-refractivity contribution < 1.29 is 18.0 Å². The molecule has 0 atom stereocenters. The Balaban J connectivity index is 2.78. The second-order valence-electron chi connectivity index (χ2n) is 4.87. The molecule has 1 aliphatic heterocycles. The molecule has 0 saturated carbocycles. The second kappa shape index (κ2) is 4.86. The zero-order valence-corrected chi connectivity index (χ0v) is 12.9. The zero-order valence-electron chi connectivity index (χ0n) is 11.4. The summed E-state index contributed by atoms with van der Waals surface area (Å²) >= 11 is 0. The number of anilines is 1. The molecule has 0 N–H and O–H groups in total. The molecule has 2 rings (SSSR count). The third kappa shape index (κ3) is 2.33.